The van der Waals surface area contributed by atoms with Crippen LogP contribution in [-0.4, -0.2) is 62.9 Å². The second-order valence-electron chi connectivity index (χ2n) is 12.4. The Morgan fingerprint density at radius 3 is 2.45 bits per heavy atom. The summed E-state index contributed by atoms with van der Waals surface area (Å²) in [6.45, 7) is 1.44. The number of aromatic nitrogens is 1. The predicted molar refractivity (Wildman–Crippen MR) is 165 cm³/mol. The summed E-state index contributed by atoms with van der Waals surface area (Å²) >= 11 is 0. The molecule has 0 radical (unpaired) electrons. The van der Waals surface area contributed by atoms with E-state index >= 15 is 0 Å². The summed E-state index contributed by atoms with van der Waals surface area (Å²) in [6, 6.07) is 12.2. The van der Waals surface area contributed by atoms with E-state index in [4.69, 9.17) is 9.88 Å². The van der Waals surface area contributed by atoms with E-state index in [0.717, 1.165) is 31.4 Å². The molecule has 2 heterocycles. The number of fused-ring (bicyclic) bond motifs is 1. The van der Waals surface area contributed by atoms with Crippen LogP contribution in [0.5, 0.6) is 5.75 Å². The van der Waals surface area contributed by atoms with Crippen LogP contribution in [0, 0.1) is 17.3 Å². The zero-order valence-electron chi connectivity index (χ0n) is 24.7. The Hall–Kier alpha value is -3.40. The molecular weight excluding hydrogens is 591 g/mol. The third kappa shape index (κ3) is 6.50. The number of nitrogens with one attached hydrogen (secondary N) is 2. The highest BCUT2D eigenvalue weighted by Crippen LogP contribution is 2.50. The van der Waals surface area contributed by atoms with Crippen molar-refractivity contribution in [1.82, 2.24) is 9.47 Å². The molecule has 1 aromatic heterocycles. The molecule has 3 aliphatic rings. The molecule has 236 valence electrons. The molecule has 44 heavy (non-hydrogen) atoms. The summed E-state index contributed by atoms with van der Waals surface area (Å²) in [6.07, 6.45) is 4.06. The third-order valence-corrected chi connectivity index (χ3v) is 10.3. The number of sulfonamides is 1. The highest BCUT2D eigenvalue weighted by Gasteiger charge is 2.49. The molecule has 12 heteroatoms. The highest BCUT2D eigenvalue weighted by molar-refractivity contribution is 7.89. The van der Waals surface area contributed by atoms with Gasteiger partial charge >= 0.3 is 6.18 Å². The second kappa shape index (κ2) is 11.8. The lowest BCUT2D eigenvalue weighted by atomic mass is 9.63. The largest absolute Gasteiger partial charge is 0.495 e. The quantitative estimate of drug-likeness (QED) is 0.283. The van der Waals surface area contributed by atoms with Crippen LogP contribution in [0.4, 0.5) is 24.5 Å². The van der Waals surface area contributed by atoms with Gasteiger partial charge in [-0.2, -0.15) is 13.2 Å². The van der Waals surface area contributed by atoms with E-state index in [1.807, 2.05) is 6.07 Å². The number of primary sulfonamides is 1. The van der Waals surface area contributed by atoms with Crippen molar-refractivity contribution in [3.8, 4) is 17.6 Å². The van der Waals surface area contributed by atoms with Gasteiger partial charge in [0.05, 0.1) is 35.4 Å². The Balaban J connectivity index is 1.16. The summed E-state index contributed by atoms with van der Waals surface area (Å²) in [5, 5.41) is 12.6. The number of hydrogen-bond acceptors (Lipinski definition) is 6. The van der Waals surface area contributed by atoms with Crippen molar-refractivity contribution < 1.29 is 26.3 Å². The molecule has 2 saturated carbocycles. The molecule has 1 saturated heterocycles. The van der Waals surface area contributed by atoms with Gasteiger partial charge in [-0.05, 0) is 80.2 Å². The minimum absolute atomic E-state index is 0.0884. The lowest BCUT2D eigenvalue weighted by molar-refractivity contribution is -0.140. The number of nitrogens with zero attached hydrogens (tertiary/aromatic N) is 2. The maximum Gasteiger partial charge on any atom is 0.406 e. The zero-order valence-corrected chi connectivity index (χ0v) is 25.5. The minimum Gasteiger partial charge on any atom is -0.495 e. The van der Waals surface area contributed by atoms with Crippen molar-refractivity contribution in [2.24, 2.45) is 10.6 Å². The number of likely N-dealkylation sites (tertiary alicyclic amines) is 1. The highest BCUT2D eigenvalue weighted by atomic mass is 32.2. The molecule has 0 unspecified atom stereocenters. The number of anilines is 2. The van der Waals surface area contributed by atoms with Gasteiger partial charge in [0, 0.05) is 42.3 Å². The molecule has 3 aromatic rings. The molecule has 1 spiro atoms. The number of halogens is 3. The number of benzene rings is 2. The Labute approximate surface area is 256 Å². The van der Waals surface area contributed by atoms with Crippen molar-refractivity contribution >= 4 is 32.3 Å². The summed E-state index contributed by atoms with van der Waals surface area (Å²) < 4.78 is 70.7. The Morgan fingerprint density at radius 1 is 1.07 bits per heavy atom. The van der Waals surface area contributed by atoms with Gasteiger partial charge in [-0.15, -0.1) is 0 Å². The second-order valence-corrected chi connectivity index (χ2v) is 14.0. The number of rotatable bonds is 8. The fourth-order valence-electron chi connectivity index (χ4n) is 7.00. The van der Waals surface area contributed by atoms with Gasteiger partial charge in [-0.1, -0.05) is 18.4 Å². The first-order valence-electron chi connectivity index (χ1n) is 15.1. The van der Waals surface area contributed by atoms with E-state index in [9.17, 15) is 21.6 Å². The van der Waals surface area contributed by atoms with Gasteiger partial charge in [0.1, 0.15) is 12.3 Å². The van der Waals surface area contributed by atoms with Crippen molar-refractivity contribution in [2.45, 2.75) is 74.6 Å². The first-order valence-corrected chi connectivity index (χ1v) is 16.6. The molecule has 3 fully saturated rings. The van der Waals surface area contributed by atoms with Crippen LogP contribution in [0.2, 0.25) is 0 Å². The molecule has 8 nitrogen and oxygen atoms in total. The third-order valence-electron chi connectivity index (χ3n) is 9.43. The van der Waals surface area contributed by atoms with E-state index in [-0.39, 0.29) is 28.9 Å². The fraction of sp³-hybridized carbons (Fsp3) is 0.500. The molecule has 1 aliphatic heterocycles. The summed E-state index contributed by atoms with van der Waals surface area (Å²) in [7, 11) is -2.51. The molecule has 4 N–H and O–H groups in total. The summed E-state index contributed by atoms with van der Waals surface area (Å²) in [5.74, 6) is 6.06. The van der Waals surface area contributed by atoms with E-state index in [0.29, 0.717) is 28.0 Å². The van der Waals surface area contributed by atoms with Crippen LogP contribution in [0.25, 0.3) is 10.9 Å². The van der Waals surface area contributed by atoms with E-state index in [1.54, 1.807) is 18.2 Å². The average Bonchev–Trinajstić information content (AvgIpc) is 3.26. The van der Waals surface area contributed by atoms with E-state index in [2.05, 4.69) is 27.4 Å². The van der Waals surface area contributed by atoms with Crippen LogP contribution in [-0.2, 0) is 16.6 Å². The Kier molecular flexibility index (Phi) is 8.24. The van der Waals surface area contributed by atoms with Crippen LogP contribution in [0.1, 0.15) is 50.6 Å². The van der Waals surface area contributed by atoms with Gasteiger partial charge in [-0.3, -0.25) is 4.90 Å². The SMILES string of the molecule is COc1cc(S(N)(=O)=O)ccc1NCC#Cc1cc2c(N[C@H]3CC[C@@H](N4CC5(CCC5)C4)CC3)cccc2n1CC(F)(F)F. The van der Waals surface area contributed by atoms with Gasteiger partial charge in [0.15, 0.2) is 0 Å². The summed E-state index contributed by atoms with van der Waals surface area (Å²) in [4.78, 5) is 2.56. The van der Waals surface area contributed by atoms with Gasteiger partial charge in [-0.25, -0.2) is 13.6 Å². The van der Waals surface area contributed by atoms with Gasteiger partial charge < -0.3 is 19.9 Å². The predicted octanol–water partition coefficient (Wildman–Crippen LogP) is 5.53. The minimum atomic E-state index is -4.42. The average molecular weight is 630 g/mol. The molecular formula is C32H38F3N5O3S. The Morgan fingerprint density at radius 2 is 1.82 bits per heavy atom. The molecule has 0 bridgehead atoms. The van der Waals surface area contributed by atoms with Crippen LogP contribution in [0.15, 0.2) is 47.4 Å². The fourth-order valence-corrected chi connectivity index (χ4v) is 7.53. The van der Waals surface area contributed by atoms with Gasteiger partial charge in [0.25, 0.3) is 0 Å². The molecule has 6 rings (SSSR count). The molecule has 2 aromatic carbocycles. The van der Waals surface area contributed by atoms with Crippen molar-refractivity contribution in [2.75, 3.05) is 37.4 Å². The first kappa shape index (κ1) is 30.6. The van der Waals surface area contributed by atoms with Crippen molar-refractivity contribution in [3.63, 3.8) is 0 Å². The van der Waals surface area contributed by atoms with E-state index < -0.39 is 22.7 Å². The number of ether oxygens (including phenoxy) is 1. The number of hydrogen-bond donors (Lipinski definition) is 3. The maximum atomic E-state index is 13.7. The monoisotopic (exact) mass is 629 g/mol. The molecule has 0 amide bonds. The zero-order chi connectivity index (χ0) is 31.1. The molecule has 0 atom stereocenters. The van der Waals surface area contributed by atoms with Crippen molar-refractivity contribution in [3.05, 3.63) is 48.2 Å². The lowest BCUT2D eigenvalue weighted by Gasteiger charge is -2.59. The Bertz CT molecular complexity index is 1690. The smallest absolute Gasteiger partial charge is 0.406 e. The number of nitrogens with two attached hydrogens (primary N) is 1. The van der Waals surface area contributed by atoms with Gasteiger partial charge in [0.2, 0.25) is 10.0 Å². The van der Waals surface area contributed by atoms with Crippen LogP contribution >= 0.6 is 0 Å². The van der Waals surface area contributed by atoms with Crippen molar-refractivity contribution in [1.29, 1.82) is 0 Å². The standard InChI is InChI=1S/C32H38F3N5O3S/c1-43-30-18-25(44(36,41)42)12-13-28(30)37-16-3-5-24-17-26-27(6-2-7-29(26)40(24)21-32(33,34)35)38-22-8-10-23(11-9-22)39-19-31(20-39)14-4-15-31/h2,6-7,12-13,17-18,22-23,37-38H,4,8-11,14-16,19-21H2,1H3,(H2,36,41,42)/t22-,23+. The maximum absolute atomic E-state index is 13.7. The first-order chi connectivity index (χ1) is 20.9. The van der Waals surface area contributed by atoms with Crippen LogP contribution in [0.3, 0.4) is 0 Å². The summed E-state index contributed by atoms with van der Waals surface area (Å²) in [5.41, 5.74) is 2.66. The van der Waals surface area contributed by atoms with E-state index in [1.165, 1.54) is 62.2 Å². The number of alkyl halides is 3. The lowest BCUT2D eigenvalue weighted by Crippen LogP contribution is -2.63. The molecule has 2 aliphatic carbocycles. The number of methoxy groups -OCH3 is 1. The van der Waals surface area contributed by atoms with Crippen LogP contribution < -0.4 is 20.5 Å². The normalized spacial score (nSPS) is 21.7. The topological polar surface area (TPSA) is 102 Å².